The monoisotopic (exact) mass is 428 g/mol. The van der Waals surface area contributed by atoms with Gasteiger partial charge in [-0.15, -0.1) is 22.9 Å². The number of aromatic carboxylic acids is 1. The first-order valence-electron chi connectivity index (χ1n) is 10.4. The fourth-order valence-electron chi connectivity index (χ4n) is 4.01. The molecule has 0 bridgehead atoms. The summed E-state index contributed by atoms with van der Waals surface area (Å²) in [5.41, 5.74) is 0. The molecule has 0 aliphatic heterocycles. The Balaban J connectivity index is 1.83. The molecule has 1 aromatic heterocycles. The van der Waals surface area contributed by atoms with Crippen LogP contribution in [0.15, 0.2) is 24.3 Å². The van der Waals surface area contributed by atoms with Gasteiger partial charge in [0.25, 0.3) is 0 Å². The molecule has 0 spiro atoms. The lowest BCUT2D eigenvalue weighted by atomic mass is 9.89. The molecular weight excluding hydrogens is 396 g/mol. The molecule has 0 unspecified atom stereocenters. The molecule has 2 rings (SSSR count). The summed E-state index contributed by atoms with van der Waals surface area (Å²) in [5, 5.41) is 29.5. The minimum atomic E-state index is -0.880. The van der Waals surface area contributed by atoms with Crippen molar-refractivity contribution in [2.24, 2.45) is 11.8 Å². The van der Waals surface area contributed by atoms with Gasteiger partial charge in [-0.1, -0.05) is 44.8 Å². The van der Waals surface area contributed by atoms with Gasteiger partial charge in [-0.3, -0.25) is 0 Å². The van der Waals surface area contributed by atoms with Crippen molar-refractivity contribution in [1.82, 2.24) is 0 Å². The molecule has 1 aromatic rings. The van der Waals surface area contributed by atoms with Crippen molar-refractivity contribution in [3.8, 4) is 0 Å². The fourth-order valence-corrected chi connectivity index (χ4v) is 5.37. The van der Waals surface area contributed by atoms with Crippen LogP contribution < -0.4 is 0 Å². The first kappa shape index (κ1) is 23.4. The number of hydrogen-bond donors (Lipinski definition) is 3. The number of aliphatic hydroxyl groups is 2. The second kappa shape index (κ2) is 12.0. The van der Waals surface area contributed by atoms with Crippen LogP contribution in [0.2, 0.25) is 0 Å². The van der Waals surface area contributed by atoms with E-state index in [0.29, 0.717) is 11.3 Å². The fraction of sp³-hybridized carbons (Fsp3) is 0.682. The minimum absolute atomic E-state index is 0.0225. The van der Waals surface area contributed by atoms with Gasteiger partial charge in [0.2, 0.25) is 0 Å². The van der Waals surface area contributed by atoms with E-state index in [-0.39, 0.29) is 17.2 Å². The van der Waals surface area contributed by atoms with Crippen molar-refractivity contribution in [2.75, 3.05) is 0 Å². The molecule has 4 nitrogen and oxygen atoms in total. The highest BCUT2D eigenvalue weighted by Crippen LogP contribution is 2.40. The molecule has 1 fully saturated rings. The third-order valence-corrected chi connectivity index (χ3v) is 7.25. The quantitative estimate of drug-likeness (QED) is 0.241. The summed E-state index contributed by atoms with van der Waals surface area (Å²) in [6.07, 6.45) is 11.4. The van der Waals surface area contributed by atoms with Gasteiger partial charge in [0, 0.05) is 16.2 Å². The molecule has 6 heteroatoms. The van der Waals surface area contributed by atoms with Crippen LogP contribution in [0.3, 0.4) is 0 Å². The van der Waals surface area contributed by atoms with Gasteiger partial charge >= 0.3 is 5.97 Å². The largest absolute Gasteiger partial charge is 0.477 e. The molecule has 1 saturated carbocycles. The van der Waals surface area contributed by atoms with Crippen LogP contribution in [-0.2, 0) is 6.42 Å². The molecule has 0 aromatic carbocycles. The lowest BCUT2D eigenvalue weighted by Crippen LogP contribution is -2.19. The van der Waals surface area contributed by atoms with Gasteiger partial charge in [0.1, 0.15) is 4.88 Å². The summed E-state index contributed by atoms with van der Waals surface area (Å²) in [4.78, 5) is 12.4. The van der Waals surface area contributed by atoms with Crippen molar-refractivity contribution in [2.45, 2.75) is 82.3 Å². The Labute approximate surface area is 177 Å². The van der Waals surface area contributed by atoms with E-state index in [1.165, 1.54) is 24.2 Å². The Bertz CT molecular complexity index is 630. The number of unbranched alkanes of at least 4 members (excludes halogenated alkanes) is 3. The molecule has 1 aliphatic carbocycles. The van der Waals surface area contributed by atoms with E-state index in [1.54, 1.807) is 6.07 Å². The predicted octanol–water partition coefficient (Wildman–Crippen LogP) is 5.26. The minimum Gasteiger partial charge on any atom is -0.477 e. The van der Waals surface area contributed by atoms with Crippen LogP contribution in [0.25, 0.3) is 0 Å². The molecule has 0 radical (unpaired) electrons. The van der Waals surface area contributed by atoms with Gasteiger partial charge in [-0.2, -0.15) is 0 Å². The molecule has 3 N–H and O–H groups in total. The smallest absolute Gasteiger partial charge is 0.345 e. The highest BCUT2D eigenvalue weighted by Gasteiger charge is 2.39. The van der Waals surface area contributed by atoms with E-state index in [1.807, 2.05) is 18.2 Å². The number of rotatable bonds is 12. The summed E-state index contributed by atoms with van der Waals surface area (Å²) >= 11 is 7.82. The van der Waals surface area contributed by atoms with Crippen molar-refractivity contribution in [3.05, 3.63) is 34.0 Å². The van der Waals surface area contributed by atoms with E-state index < -0.39 is 18.2 Å². The summed E-state index contributed by atoms with van der Waals surface area (Å²) < 4.78 is 0. The molecule has 0 saturated heterocycles. The number of alkyl halides is 1. The van der Waals surface area contributed by atoms with E-state index in [0.717, 1.165) is 43.4 Å². The second-order valence-electron chi connectivity index (χ2n) is 7.83. The van der Waals surface area contributed by atoms with E-state index in [9.17, 15) is 15.0 Å². The summed E-state index contributed by atoms with van der Waals surface area (Å²) in [6, 6.07) is 3.53. The first-order valence-corrected chi connectivity index (χ1v) is 11.7. The second-order valence-corrected chi connectivity index (χ2v) is 9.55. The maximum absolute atomic E-state index is 11.0. The van der Waals surface area contributed by atoms with Crippen LogP contribution in [-0.4, -0.2) is 38.9 Å². The Morgan fingerprint density at radius 3 is 2.79 bits per heavy atom. The number of hydrogen-bond acceptors (Lipinski definition) is 4. The molecular formula is C22H33ClO4S. The van der Waals surface area contributed by atoms with Crippen LogP contribution >= 0.6 is 22.9 Å². The first-order chi connectivity index (χ1) is 13.4. The Morgan fingerprint density at radius 1 is 1.32 bits per heavy atom. The van der Waals surface area contributed by atoms with E-state index in [4.69, 9.17) is 16.7 Å². The molecule has 28 heavy (non-hydrogen) atoms. The zero-order chi connectivity index (χ0) is 20.5. The molecule has 158 valence electrons. The van der Waals surface area contributed by atoms with E-state index in [2.05, 4.69) is 6.92 Å². The lowest BCUT2D eigenvalue weighted by molar-refractivity contribution is 0.0702. The molecule has 0 amide bonds. The average molecular weight is 429 g/mol. The number of carboxylic acid groups (broad SMARTS) is 1. The average Bonchev–Trinajstić information content (AvgIpc) is 3.22. The zero-order valence-electron chi connectivity index (χ0n) is 16.6. The highest BCUT2D eigenvalue weighted by atomic mass is 35.5. The summed E-state index contributed by atoms with van der Waals surface area (Å²) in [5.74, 6) is -0.723. The Kier molecular flexibility index (Phi) is 10.00. The van der Waals surface area contributed by atoms with Crippen molar-refractivity contribution < 1.29 is 20.1 Å². The standard InChI is InChI=1S/C22H33ClO4S/c1-2-3-4-5-7-15(24)10-12-18-17(19(23)14-20(18)25)9-6-8-16-11-13-21(28-16)22(26)27/h10-13,15,17-20,24-25H,2-9,14H2,1H3,(H,26,27)/b12-10+/t15-,17+,18+,19+,20+/m0/s1. The molecule has 1 aliphatic rings. The zero-order valence-corrected chi connectivity index (χ0v) is 18.2. The van der Waals surface area contributed by atoms with Crippen molar-refractivity contribution >= 4 is 28.9 Å². The van der Waals surface area contributed by atoms with Crippen molar-refractivity contribution in [3.63, 3.8) is 0 Å². The molecule has 5 atom stereocenters. The highest BCUT2D eigenvalue weighted by molar-refractivity contribution is 7.13. The van der Waals surface area contributed by atoms with Crippen LogP contribution in [0.1, 0.15) is 72.8 Å². The topological polar surface area (TPSA) is 77.8 Å². The van der Waals surface area contributed by atoms with E-state index >= 15 is 0 Å². The van der Waals surface area contributed by atoms with Crippen LogP contribution in [0, 0.1) is 11.8 Å². The van der Waals surface area contributed by atoms with Gasteiger partial charge < -0.3 is 15.3 Å². The number of carbonyl (C=O) groups is 1. The third-order valence-electron chi connectivity index (χ3n) is 5.61. The maximum Gasteiger partial charge on any atom is 0.345 e. The Hall–Kier alpha value is -0.880. The van der Waals surface area contributed by atoms with Crippen LogP contribution in [0.4, 0.5) is 0 Å². The van der Waals surface area contributed by atoms with Gasteiger partial charge in [0.05, 0.1) is 12.2 Å². The normalized spacial score (nSPS) is 26.1. The Morgan fingerprint density at radius 2 is 2.11 bits per heavy atom. The number of carboxylic acids is 1. The number of aliphatic hydroxyl groups excluding tert-OH is 2. The maximum atomic E-state index is 11.0. The SMILES string of the molecule is CCCCCC[C@H](O)/C=C/[C@@H]1[C@@H](CCCc2ccc(C(=O)O)s2)[C@H](Cl)C[C@H]1O. The van der Waals surface area contributed by atoms with Gasteiger partial charge in [0.15, 0.2) is 0 Å². The van der Waals surface area contributed by atoms with Crippen molar-refractivity contribution in [1.29, 1.82) is 0 Å². The lowest BCUT2D eigenvalue weighted by Gasteiger charge is -2.21. The molecule has 1 heterocycles. The van der Waals surface area contributed by atoms with Crippen LogP contribution in [0.5, 0.6) is 0 Å². The number of halogens is 1. The predicted molar refractivity (Wildman–Crippen MR) is 115 cm³/mol. The number of aryl methyl sites for hydroxylation is 1. The third kappa shape index (κ3) is 7.18. The summed E-state index contributed by atoms with van der Waals surface area (Å²) in [6.45, 7) is 2.17. The number of thiophene rings is 1. The van der Waals surface area contributed by atoms with Gasteiger partial charge in [-0.25, -0.2) is 4.79 Å². The summed E-state index contributed by atoms with van der Waals surface area (Å²) in [7, 11) is 0. The van der Waals surface area contributed by atoms with Gasteiger partial charge in [-0.05, 0) is 50.2 Å².